The van der Waals surface area contributed by atoms with Crippen molar-refractivity contribution in [2.45, 2.75) is 31.7 Å². The lowest BCUT2D eigenvalue weighted by atomic mass is 9.98. The molecule has 1 aromatic rings. The number of carbonyl (C=O) groups excluding carboxylic acids is 1. The van der Waals surface area contributed by atoms with Crippen LogP contribution in [0.3, 0.4) is 0 Å². The zero-order chi connectivity index (χ0) is 15.6. The third-order valence-corrected chi connectivity index (χ3v) is 4.48. The first-order valence-corrected chi connectivity index (χ1v) is 7.54. The van der Waals surface area contributed by atoms with Gasteiger partial charge in [-0.2, -0.15) is 0 Å². The molecular formula is C15H18BrNO4. The van der Waals surface area contributed by atoms with Gasteiger partial charge in [0, 0.05) is 16.6 Å². The molecule has 2 rings (SSSR count). The van der Waals surface area contributed by atoms with Crippen molar-refractivity contribution in [2.24, 2.45) is 0 Å². The number of carboxylic acid groups (broad SMARTS) is 1. The Morgan fingerprint density at radius 1 is 1.48 bits per heavy atom. The quantitative estimate of drug-likeness (QED) is 0.900. The lowest BCUT2D eigenvalue weighted by Crippen LogP contribution is -2.51. The van der Waals surface area contributed by atoms with E-state index in [9.17, 15) is 14.7 Å². The summed E-state index contributed by atoms with van der Waals surface area (Å²) in [7, 11) is 1.55. The maximum Gasteiger partial charge on any atom is 0.329 e. The van der Waals surface area contributed by atoms with E-state index in [1.165, 1.54) is 4.90 Å². The molecule has 1 amide bonds. The van der Waals surface area contributed by atoms with Crippen LogP contribution in [0, 0.1) is 0 Å². The van der Waals surface area contributed by atoms with E-state index in [2.05, 4.69) is 15.9 Å². The SMILES string of the molecule is COc1ccc(Br)cc1CC(=O)N1CCCC1(C)C(=O)O. The number of carbonyl (C=O) groups is 2. The fourth-order valence-corrected chi connectivity index (χ4v) is 3.14. The Balaban J connectivity index is 2.22. The monoisotopic (exact) mass is 355 g/mol. The first-order valence-electron chi connectivity index (χ1n) is 6.75. The first-order chi connectivity index (χ1) is 9.88. The minimum atomic E-state index is -1.10. The molecule has 114 valence electrons. The van der Waals surface area contributed by atoms with Crippen molar-refractivity contribution in [1.82, 2.24) is 4.90 Å². The molecule has 5 nitrogen and oxygen atoms in total. The third kappa shape index (κ3) is 3.05. The predicted octanol–water partition coefficient (Wildman–Crippen LogP) is 2.47. The van der Waals surface area contributed by atoms with Gasteiger partial charge >= 0.3 is 5.97 Å². The number of ether oxygens (including phenoxy) is 1. The average Bonchev–Trinajstić information content (AvgIpc) is 2.82. The molecular weight excluding hydrogens is 338 g/mol. The number of methoxy groups -OCH3 is 1. The van der Waals surface area contributed by atoms with Crippen LogP contribution in [0.4, 0.5) is 0 Å². The van der Waals surface area contributed by atoms with Crippen molar-refractivity contribution in [3.8, 4) is 5.75 Å². The minimum absolute atomic E-state index is 0.130. The number of halogens is 1. The van der Waals surface area contributed by atoms with Crippen LogP contribution in [0.15, 0.2) is 22.7 Å². The lowest BCUT2D eigenvalue weighted by Gasteiger charge is -2.31. The maximum absolute atomic E-state index is 12.5. The second kappa shape index (κ2) is 6.05. The van der Waals surface area contributed by atoms with E-state index in [-0.39, 0.29) is 12.3 Å². The highest BCUT2D eigenvalue weighted by Crippen LogP contribution is 2.31. The number of nitrogens with zero attached hydrogens (tertiary/aromatic N) is 1. The van der Waals surface area contributed by atoms with Crippen LogP contribution in [0.5, 0.6) is 5.75 Å². The van der Waals surface area contributed by atoms with Crippen LogP contribution in [-0.4, -0.2) is 41.1 Å². The number of rotatable bonds is 4. The maximum atomic E-state index is 12.5. The Morgan fingerprint density at radius 2 is 2.19 bits per heavy atom. The number of hydrogen-bond acceptors (Lipinski definition) is 3. The van der Waals surface area contributed by atoms with Crippen molar-refractivity contribution in [2.75, 3.05) is 13.7 Å². The van der Waals surface area contributed by atoms with E-state index < -0.39 is 11.5 Å². The van der Waals surface area contributed by atoms with Gasteiger partial charge in [0.05, 0.1) is 13.5 Å². The summed E-state index contributed by atoms with van der Waals surface area (Å²) < 4.78 is 6.11. The van der Waals surface area contributed by atoms with E-state index in [0.29, 0.717) is 25.1 Å². The highest BCUT2D eigenvalue weighted by Gasteiger charge is 2.45. The molecule has 1 heterocycles. The van der Waals surface area contributed by atoms with Gasteiger partial charge in [-0.05, 0) is 38.0 Å². The highest BCUT2D eigenvalue weighted by molar-refractivity contribution is 9.10. The number of amides is 1. The van der Waals surface area contributed by atoms with Crippen molar-refractivity contribution >= 4 is 27.8 Å². The molecule has 1 N–H and O–H groups in total. The van der Waals surface area contributed by atoms with Gasteiger partial charge in [-0.25, -0.2) is 4.79 Å². The van der Waals surface area contributed by atoms with E-state index in [1.807, 2.05) is 12.1 Å². The van der Waals surface area contributed by atoms with Gasteiger partial charge in [0.15, 0.2) is 0 Å². The summed E-state index contributed by atoms with van der Waals surface area (Å²) in [6, 6.07) is 5.45. The Kier molecular flexibility index (Phi) is 4.56. The Morgan fingerprint density at radius 3 is 2.81 bits per heavy atom. The van der Waals surface area contributed by atoms with Gasteiger partial charge in [-0.1, -0.05) is 15.9 Å². The molecule has 0 radical (unpaired) electrons. The Hall–Kier alpha value is -1.56. The van der Waals surface area contributed by atoms with E-state index in [4.69, 9.17) is 4.74 Å². The molecule has 6 heteroatoms. The molecule has 1 atom stereocenters. The number of likely N-dealkylation sites (tertiary alicyclic amines) is 1. The summed E-state index contributed by atoms with van der Waals surface area (Å²) in [5.74, 6) is -0.508. The van der Waals surface area contributed by atoms with Crippen LogP contribution in [-0.2, 0) is 16.0 Å². The summed E-state index contributed by atoms with van der Waals surface area (Å²) in [4.78, 5) is 25.4. The van der Waals surface area contributed by atoms with Gasteiger partial charge in [-0.15, -0.1) is 0 Å². The summed E-state index contributed by atoms with van der Waals surface area (Å²) in [6.45, 7) is 2.09. The number of hydrogen-bond donors (Lipinski definition) is 1. The molecule has 0 saturated carbocycles. The second-order valence-corrected chi connectivity index (χ2v) is 6.28. The van der Waals surface area contributed by atoms with Crippen molar-refractivity contribution in [1.29, 1.82) is 0 Å². The topological polar surface area (TPSA) is 66.8 Å². The molecule has 1 unspecified atom stereocenters. The zero-order valence-corrected chi connectivity index (χ0v) is 13.6. The highest BCUT2D eigenvalue weighted by atomic mass is 79.9. The average molecular weight is 356 g/mol. The van der Waals surface area contributed by atoms with E-state index in [0.717, 1.165) is 10.0 Å². The molecule has 1 fully saturated rings. The smallest absolute Gasteiger partial charge is 0.329 e. The second-order valence-electron chi connectivity index (χ2n) is 5.36. The zero-order valence-electron chi connectivity index (χ0n) is 12.1. The van der Waals surface area contributed by atoms with Crippen LogP contribution < -0.4 is 4.74 Å². The van der Waals surface area contributed by atoms with Gasteiger partial charge in [0.25, 0.3) is 0 Å². The molecule has 1 saturated heterocycles. The lowest BCUT2D eigenvalue weighted by molar-refractivity contribution is -0.155. The fourth-order valence-electron chi connectivity index (χ4n) is 2.73. The Bertz CT molecular complexity index is 575. The number of benzene rings is 1. The summed E-state index contributed by atoms with van der Waals surface area (Å²) >= 11 is 3.37. The normalized spacial score (nSPS) is 21.4. The minimum Gasteiger partial charge on any atom is -0.496 e. The van der Waals surface area contributed by atoms with Crippen LogP contribution >= 0.6 is 15.9 Å². The molecule has 0 aromatic heterocycles. The molecule has 0 spiro atoms. The first kappa shape index (κ1) is 15.8. The van der Waals surface area contributed by atoms with Gasteiger partial charge in [0.2, 0.25) is 5.91 Å². The largest absolute Gasteiger partial charge is 0.496 e. The molecule has 0 bridgehead atoms. The van der Waals surface area contributed by atoms with Gasteiger partial charge in [0.1, 0.15) is 11.3 Å². The summed E-state index contributed by atoms with van der Waals surface area (Å²) in [6.07, 6.45) is 1.33. The molecule has 1 aliphatic rings. The van der Waals surface area contributed by atoms with Crippen LogP contribution in [0.2, 0.25) is 0 Å². The molecule has 0 aliphatic carbocycles. The molecule has 1 aliphatic heterocycles. The van der Waals surface area contributed by atoms with Crippen molar-refractivity contribution in [3.63, 3.8) is 0 Å². The van der Waals surface area contributed by atoms with Gasteiger partial charge < -0.3 is 14.7 Å². The van der Waals surface area contributed by atoms with Gasteiger partial charge in [-0.3, -0.25) is 4.79 Å². The number of carboxylic acids is 1. The van der Waals surface area contributed by atoms with Crippen LogP contribution in [0.25, 0.3) is 0 Å². The number of aliphatic carboxylic acids is 1. The van der Waals surface area contributed by atoms with E-state index >= 15 is 0 Å². The predicted molar refractivity (Wildman–Crippen MR) is 81.4 cm³/mol. The summed E-state index contributed by atoms with van der Waals surface area (Å²) in [5.41, 5.74) is -0.354. The van der Waals surface area contributed by atoms with Crippen LogP contribution in [0.1, 0.15) is 25.3 Å². The third-order valence-electron chi connectivity index (χ3n) is 3.99. The summed E-state index contributed by atoms with van der Waals surface area (Å²) in [5, 5.41) is 9.38. The van der Waals surface area contributed by atoms with E-state index in [1.54, 1.807) is 20.1 Å². The van der Waals surface area contributed by atoms with Crippen molar-refractivity contribution < 1.29 is 19.4 Å². The standard InChI is InChI=1S/C15H18BrNO4/c1-15(14(19)20)6-3-7-17(15)13(18)9-10-8-11(16)4-5-12(10)21-2/h4-5,8H,3,6-7,9H2,1-2H3,(H,19,20). The Labute approximate surface area is 132 Å². The molecule has 1 aromatic carbocycles. The molecule has 21 heavy (non-hydrogen) atoms. The van der Waals surface area contributed by atoms with Crippen molar-refractivity contribution in [3.05, 3.63) is 28.2 Å². The fraction of sp³-hybridized carbons (Fsp3) is 0.467.